The summed E-state index contributed by atoms with van der Waals surface area (Å²) >= 11 is 1.53. The summed E-state index contributed by atoms with van der Waals surface area (Å²) in [6, 6.07) is 6.74. The quantitative estimate of drug-likeness (QED) is 0.0606. The number of benzene rings is 1. The van der Waals surface area contributed by atoms with Gasteiger partial charge in [-0.15, -0.1) is 0 Å². The fraction of sp³-hybridized carbons (Fsp3) is 0.625. The van der Waals surface area contributed by atoms with Crippen LogP contribution in [0.1, 0.15) is 83.6 Å². The minimum absolute atomic E-state index is 0.0216. The van der Waals surface area contributed by atoms with Gasteiger partial charge in [-0.1, -0.05) is 50.1 Å². The summed E-state index contributed by atoms with van der Waals surface area (Å²) in [7, 11) is 0. The Morgan fingerprint density at radius 1 is 0.886 bits per heavy atom. The lowest BCUT2D eigenvalue weighted by molar-refractivity contribution is -0.138. The number of ketones is 4. The van der Waals surface area contributed by atoms with Crippen LogP contribution in [-0.4, -0.2) is 71.6 Å². The number of thioether (sulfide) groups is 1. The fourth-order valence-electron chi connectivity index (χ4n) is 4.67. The van der Waals surface area contributed by atoms with Crippen molar-refractivity contribution in [3.05, 3.63) is 35.9 Å². The SMILES string of the molecule is CCC(=O)CC(CCCCCC(=O)C(N)CSC)C(=O)NN[C@@H](Cc1ccccc1)C(=O)N[C@@H](CCCCN)C(=O)C(C)=O. The summed E-state index contributed by atoms with van der Waals surface area (Å²) in [5.41, 5.74) is 17.7. The molecule has 0 saturated carbocycles. The third kappa shape index (κ3) is 15.7. The first kappa shape index (κ1) is 39.1. The molecule has 0 aliphatic rings. The predicted molar refractivity (Wildman–Crippen MR) is 174 cm³/mol. The molecule has 1 aromatic rings. The molecule has 0 radical (unpaired) electrons. The second kappa shape index (κ2) is 22.6. The van der Waals surface area contributed by atoms with E-state index in [1.165, 1.54) is 18.7 Å². The Bertz CT molecular complexity index is 1070. The van der Waals surface area contributed by atoms with E-state index in [2.05, 4.69) is 16.2 Å². The minimum atomic E-state index is -1.00. The topological polar surface area (TPSA) is 191 Å². The Kier molecular flexibility index (Phi) is 20.0. The summed E-state index contributed by atoms with van der Waals surface area (Å²) in [4.78, 5) is 75.5. The van der Waals surface area contributed by atoms with Gasteiger partial charge in [0.1, 0.15) is 17.6 Å². The molecule has 4 atom stereocenters. The van der Waals surface area contributed by atoms with Gasteiger partial charge in [-0.2, -0.15) is 11.8 Å². The molecular weight excluding hydrogens is 582 g/mol. The van der Waals surface area contributed by atoms with Crippen LogP contribution >= 0.6 is 11.8 Å². The summed E-state index contributed by atoms with van der Waals surface area (Å²) in [6.07, 6.45) is 6.75. The van der Waals surface area contributed by atoms with E-state index < -0.39 is 47.4 Å². The fourth-order valence-corrected chi connectivity index (χ4v) is 5.21. The maximum absolute atomic E-state index is 13.4. The van der Waals surface area contributed by atoms with E-state index in [0.29, 0.717) is 63.7 Å². The van der Waals surface area contributed by atoms with E-state index in [9.17, 15) is 28.8 Å². The zero-order chi connectivity index (χ0) is 32.9. The van der Waals surface area contributed by atoms with Crippen molar-refractivity contribution in [3.8, 4) is 0 Å². The first-order valence-corrected chi connectivity index (χ1v) is 16.9. The van der Waals surface area contributed by atoms with Gasteiger partial charge >= 0.3 is 0 Å². The molecule has 0 heterocycles. The number of hydrogen-bond donors (Lipinski definition) is 5. The minimum Gasteiger partial charge on any atom is -0.344 e. The lowest BCUT2D eigenvalue weighted by Gasteiger charge is -2.24. The van der Waals surface area contributed by atoms with Crippen molar-refractivity contribution in [2.45, 2.75) is 103 Å². The van der Waals surface area contributed by atoms with Crippen molar-refractivity contribution in [2.75, 3.05) is 18.6 Å². The number of nitrogens with one attached hydrogen (secondary N) is 3. The maximum atomic E-state index is 13.4. The third-order valence-corrected chi connectivity index (χ3v) is 8.06. The molecule has 11 nitrogen and oxygen atoms in total. The molecular formula is C32H51N5O6S. The largest absolute Gasteiger partial charge is 0.344 e. The van der Waals surface area contributed by atoms with Crippen molar-refractivity contribution in [1.29, 1.82) is 0 Å². The second-order valence-corrected chi connectivity index (χ2v) is 12.0. The van der Waals surface area contributed by atoms with Gasteiger partial charge in [0.05, 0.1) is 12.1 Å². The smallest absolute Gasteiger partial charge is 0.239 e. The number of nitrogens with two attached hydrogens (primary N) is 2. The highest BCUT2D eigenvalue weighted by Gasteiger charge is 2.29. The molecule has 0 aliphatic carbocycles. The van der Waals surface area contributed by atoms with Gasteiger partial charge in [-0.25, -0.2) is 5.43 Å². The molecule has 0 bridgehead atoms. The first-order valence-electron chi connectivity index (χ1n) is 15.5. The third-order valence-electron chi connectivity index (χ3n) is 7.37. The first-order chi connectivity index (χ1) is 21.0. The van der Waals surface area contributed by atoms with E-state index in [-0.39, 0.29) is 30.8 Å². The number of rotatable bonds is 25. The summed E-state index contributed by atoms with van der Waals surface area (Å²) < 4.78 is 0. The summed E-state index contributed by atoms with van der Waals surface area (Å²) in [5.74, 6) is -2.38. The molecule has 7 N–H and O–H groups in total. The highest BCUT2D eigenvalue weighted by Crippen LogP contribution is 2.17. The monoisotopic (exact) mass is 633 g/mol. The second-order valence-electron chi connectivity index (χ2n) is 11.1. The van der Waals surface area contributed by atoms with Crippen molar-refractivity contribution in [1.82, 2.24) is 16.2 Å². The van der Waals surface area contributed by atoms with E-state index in [0.717, 1.165) is 5.56 Å². The van der Waals surface area contributed by atoms with Gasteiger partial charge in [0, 0.05) is 37.9 Å². The Morgan fingerprint density at radius 3 is 2.18 bits per heavy atom. The lowest BCUT2D eigenvalue weighted by Crippen LogP contribution is -2.56. The van der Waals surface area contributed by atoms with Crippen molar-refractivity contribution >= 4 is 46.7 Å². The molecule has 12 heteroatoms. The Balaban J connectivity index is 2.93. The van der Waals surface area contributed by atoms with Gasteiger partial charge in [-0.3, -0.25) is 34.2 Å². The number of unbranched alkanes of at least 4 members (excludes halogenated alkanes) is 3. The average molecular weight is 634 g/mol. The van der Waals surface area contributed by atoms with Crippen LogP contribution in [0.3, 0.4) is 0 Å². The molecule has 2 unspecified atom stereocenters. The highest BCUT2D eigenvalue weighted by atomic mass is 32.2. The highest BCUT2D eigenvalue weighted by molar-refractivity contribution is 7.98. The van der Waals surface area contributed by atoms with Crippen LogP contribution in [0.4, 0.5) is 0 Å². The van der Waals surface area contributed by atoms with Crippen molar-refractivity contribution in [3.63, 3.8) is 0 Å². The predicted octanol–water partition coefficient (Wildman–Crippen LogP) is 2.19. The molecule has 0 aliphatic heterocycles. The number of carbonyl (C=O) groups is 6. The van der Waals surface area contributed by atoms with Crippen LogP contribution in [0.5, 0.6) is 0 Å². The van der Waals surface area contributed by atoms with E-state index in [4.69, 9.17) is 11.5 Å². The Morgan fingerprint density at radius 2 is 1.57 bits per heavy atom. The van der Waals surface area contributed by atoms with Crippen LogP contribution in [0.25, 0.3) is 0 Å². The molecule has 44 heavy (non-hydrogen) atoms. The number of hydrazine groups is 1. The molecule has 0 aromatic heterocycles. The van der Waals surface area contributed by atoms with E-state index >= 15 is 0 Å². The molecule has 2 amide bonds. The van der Waals surface area contributed by atoms with Crippen molar-refractivity contribution < 1.29 is 28.8 Å². The van der Waals surface area contributed by atoms with Gasteiger partial charge in [-0.05, 0) is 56.9 Å². The molecule has 0 saturated heterocycles. The van der Waals surface area contributed by atoms with Crippen LogP contribution in [-0.2, 0) is 35.2 Å². The normalized spacial score (nSPS) is 13.8. The zero-order valence-corrected chi connectivity index (χ0v) is 27.2. The molecule has 1 aromatic carbocycles. The lowest BCUT2D eigenvalue weighted by atomic mass is 9.93. The van der Waals surface area contributed by atoms with Crippen LogP contribution in [0, 0.1) is 5.92 Å². The van der Waals surface area contributed by atoms with Crippen LogP contribution in [0.15, 0.2) is 30.3 Å². The number of carbonyl (C=O) groups excluding carboxylic acids is 6. The summed E-state index contributed by atoms with van der Waals surface area (Å²) in [6.45, 7) is 3.33. The number of hydrogen-bond acceptors (Lipinski definition) is 10. The molecule has 1 rings (SSSR count). The molecule has 0 fully saturated rings. The molecule has 246 valence electrons. The van der Waals surface area contributed by atoms with E-state index in [1.54, 1.807) is 6.92 Å². The van der Waals surface area contributed by atoms with Crippen LogP contribution < -0.4 is 27.6 Å². The van der Waals surface area contributed by atoms with Crippen molar-refractivity contribution in [2.24, 2.45) is 17.4 Å². The molecule has 0 spiro atoms. The zero-order valence-electron chi connectivity index (χ0n) is 26.4. The standard InChI is InChI=1S/C32H51N5O6S/c1-4-25(39)20-24(15-9-6-10-17-29(40)26(34)21-44-3)31(42)37-36-28(19-23-13-7-5-8-14-23)32(43)35-27(16-11-12-18-33)30(41)22(2)38/h5,7-8,13-14,24,26-28,36H,4,6,9-12,15-21,33-34H2,1-3H3,(H,35,43)(H,37,42)/t24?,26?,27-,28-/m0/s1. The number of Topliss-reactive ketones (excluding diaryl/α,β-unsaturated/α-hetero) is 4. The van der Waals surface area contributed by atoms with Gasteiger partial charge < -0.3 is 16.8 Å². The number of amides is 2. The van der Waals surface area contributed by atoms with Gasteiger partial charge in [0.2, 0.25) is 17.6 Å². The van der Waals surface area contributed by atoms with Gasteiger partial charge in [0.15, 0.2) is 5.78 Å². The Labute approximate surface area is 265 Å². The van der Waals surface area contributed by atoms with Crippen LogP contribution in [0.2, 0.25) is 0 Å². The maximum Gasteiger partial charge on any atom is 0.239 e. The average Bonchev–Trinajstić information content (AvgIpc) is 3.01. The van der Waals surface area contributed by atoms with Gasteiger partial charge in [0.25, 0.3) is 0 Å². The summed E-state index contributed by atoms with van der Waals surface area (Å²) in [5, 5.41) is 2.69. The Hall–Kier alpha value is -2.93. The van der Waals surface area contributed by atoms with E-state index in [1.807, 2.05) is 36.6 Å².